The maximum absolute atomic E-state index is 11.1. The zero-order valence-electron chi connectivity index (χ0n) is 9.79. The fourth-order valence-corrected chi connectivity index (χ4v) is 1.37. The summed E-state index contributed by atoms with van der Waals surface area (Å²) in [5.74, 6) is -0.425. The van der Waals surface area contributed by atoms with Crippen LogP contribution >= 0.6 is 0 Å². The lowest BCUT2D eigenvalue weighted by Gasteiger charge is -2.01. The number of carbonyl (C=O) groups excluding carboxylic acids is 1. The predicted octanol–water partition coefficient (Wildman–Crippen LogP) is 2.44. The molecule has 0 amide bonds. The van der Waals surface area contributed by atoms with E-state index in [1.54, 1.807) is 6.08 Å². The summed E-state index contributed by atoms with van der Waals surface area (Å²) in [5, 5.41) is 8.90. The summed E-state index contributed by atoms with van der Waals surface area (Å²) >= 11 is 0. The molecule has 0 aliphatic rings. The number of aliphatic hydroxyl groups excluding tert-OH is 1. The van der Waals surface area contributed by atoms with Gasteiger partial charge in [-0.1, -0.05) is 38.7 Å². The van der Waals surface area contributed by atoms with E-state index in [1.165, 1.54) is 32.8 Å². The first-order valence-corrected chi connectivity index (χ1v) is 5.64. The number of allylic oxidation sites excluding steroid dienone is 1. The molecule has 0 aliphatic carbocycles. The number of unbranched alkanes of at least 4 members (excludes halogenated alkanes) is 5. The summed E-state index contributed by atoms with van der Waals surface area (Å²) in [5.41, 5.74) is 0.369. The third-order valence-electron chi connectivity index (χ3n) is 2.32. The highest BCUT2D eigenvalue weighted by Gasteiger charge is 2.06. The highest BCUT2D eigenvalue weighted by molar-refractivity contribution is 5.88. The largest absolute Gasteiger partial charge is 0.466 e. The van der Waals surface area contributed by atoms with Gasteiger partial charge in [-0.05, 0) is 12.8 Å². The summed E-state index contributed by atoms with van der Waals surface area (Å²) in [6.07, 6.45) is 8.63. The summed E-state index contributed by atoms with van der Waals surface area (Å²) in [6, 6.07) is 0. The molecule has 1 N–H and O–H groups in total. The molecule has 0 saturated heterocycles. The maximum atomic E-state index is 11.1. The lowest BCUT2D eigenvalue weighted by atomic mass is 10.1. The molecule has 0 unspecified atom stereocenters. The van der Waals surface area contributed by atoms with Crippen LogP contribution in [-0.4, -0.2) is 24.8 Å². The van der Waals surface area contributed by atoms with E-state index < -0.39 is 5.97 Å². The third kappa shape index (κ3) is 7.14. The van der Waals surface area contributed by atoms with Crippen LogP contribution in [0.5, 0.6) is 0 Å². The maximum Gasteiger partial charge on any atom is 0.335 e. The molecule has 0 rings (SSSR count). The van der Waals surface area contributed by atoms with Crippen LogP contribution in [0.4, 0.5) is 0 Å². The van der Waals surface area contributed by atoms with Crippen LogP contribution in [0.1, 0.15) is 45.4 Å². The van der Waals surface area contributed by atoms with Gasteiger partial charge >= 0.3 is 5.97 Å². The number of methoxy groups -OCH3 is 1. The van der Waals surface area contributed by atoms with Crippen LogP contribution in [0.3, 0.4) is 0 Å². The van der Waals surface area contributed by atoms with Crippen LogP contribution < -0.4 is 0 Å². The molecule has 0 radical (unpaired) electrons. The molecule has 0 bridgehead atoms. The minimum atomic E-state index is -0.425. The van der Waals surface area contributed by atoms with Gasteiger partial charge in [-0.25, -0.2) is 4.79 Å². The third-order valence-corrected chi connectivity index (χ3v) is 2.32. The van der Waals surface area contributed by atoms with Gasteiger partial charge in [0.1, 0.15) is 0 Å². The Labute approximate surface area is 92.1 Å². The first-order valence-electron chi connectivity index (χ1n) is 5.64. The van der Waals surface area contributed by atoms with E-state index in [2.05, 4.69) is 11.7 Å². The van der Waals surface area contributed by atoms with Crippen LogP contribution in [0, 0.1) is 0 Å². The molecule has 0 fully saturated rings. The molecule has 15 heavy (non-hydrogen) atoms. The van der Waals surface area contributed by atoms with E-state index >= 15 is 0 Å². The Morgan fingerprint density at radius 3 is 2.47 bits per heavy atom. The van der Waals surface area contributed by atoms with Crippen LogP contribution in [-0.2, 0) is 9.53 Å². The minimum Gasteiger partial charge on any atom is -0.466 e. The molecule has 3 heteroatoms. The molecule has 0 saturated carbocycles. The summed E-state index contributed by atoms with van der Waals surface area (Å²) in [4.78, 5) is 11.1. The number of esters is 1. The highest BCUT2D eigenvalue weighted by Crippen LogP contribution is 2.07. The molecule has 0 atom stereocenters. The smallest absolute Gasteiger partial charge is 0.335 e. The zero-order valence-corrected chi connectivity index (χ0v) is 9.79. The number of hydrogen-bond acceptors (Lipinski definition) is 3. The lowest BCUT2D eigenvalue weighted by Crippen LogP contribution is -2.08. The van der Waals surface area contributed by atoms with Crippen molar-refractivity contribution >= 4 is 5.97 Å². The average molecular weight is 214 g/mol. The highest BCUT2D eigenvalue weighted by atomic mass is 16.5. The fraction of sp³-hybridized carbons (Fsp3) is 0.750. The fourth-order valence-electron chi connectivity index (χ4n) is 1.37. The van der Waals surface area contributed by atoms with E-state index in [4.69, 9.17) is 5.11 Å². The lowest BCUT2D eigenvalue weighted by molar-refractivity contribution is -0.136. The monoisotopic (exact) mass is 214 g/mol. The Morgan fingerprint density at radius 1 is 1.27 bits per heavy atom. The molecule has 0 aromatic rings. The Hall–Kier alpha value is -0.830. The van der Waals surface area contributed by atoms with Crippen molar-refractivity contribution in [2.24, 2.45) is 0 Å². The number of ether oxygens (including phenoxy) is 1. The second-order valence-electron chi connectivity index (χ2n) is 3.58. The molecule has 0 heterocycles. The Bertz CT molecular complexity index is 197. The van der Waals surface area contributed by atoms with Crippen molar-refractivity contribution in [2.45, 2.75) is 45.4 Å². The zero-order chi connectivity index (χ0) is 11.5. The SMILES string of the molecule is CCCCCCC/C=C(/CO)C(=O)OC. The van der Waals surface area contributed by atoms with Gasteiger partial charge < -0.3 is 9.84 Å². The van der Waals surface area contributed by atoms with Gasteiger partial charge in [0.15, 0.2) is 0 Å². The van der Waals surface area contributed by atoms with Crippen molar-refractivity contribution in [1.82, 2.24) is 0 Å². The van der Waals surface area contributed by atoms with Crippen molar-refractivity contribution < 1.29 is 14.6 Å². The molecular weight excluding hydrogens is 192 g/mol. The molecule has 88 valence electrons. The molecule has 0 aliphatic heterocycles. The van der Waals surface area contributed by atoms with Gasteiger partial charge in [-0.3, -0.25) is 0 Å². The van der Waals surface area contributed by atoms with Gasteiger partial charge in [0.2, 0.25) is 0 Å². The molecule has 0 spiro atoms. The van der Waals surface area contributed by atoms with E-state index in [-0.39, 0.29) is 6.61 Å². The van der Waals surface area contributed by atoms with Gasteiger partial charge in [0.25, 0.3) is 0 Å². The van der Waals surface area contributed by atoms with Crippen LogP contribution in [0.15, 0.2) is 11.6 Å². The normalized spacial score (nSPS) is 11.5. The van der Waals surface area contributed by atoms with Gasteiger partial charge in [-0.2, -0.15) is 0 Å². The van der Waals surface area contributed by atoms with Gasteiger partial charge in [0.05, 0.1) is 19.3 Å². The number of hydrogen-bond donors (Lipinski definition) is 1. The van der Waals surface area contributed by atoms with Crippen molar-refractivity contribution in [3.05, 3.63) is 11.6 Å². The van der Waals surface area contributed by atoms with Crippen molar-refractivity contribution in [3.63, 3.8) is 0 Å². The van der Waals surface area contributed by atoms with Crippen LogP contribution in [0.2, 0.25) is 0 Å². The van der Waals surface area contributed by atoms with E-state index in [0.717, 1.165) is 12.8 Å². The standard InChI is InChI=1S/C12H22O3/c1-3-4-5-6-7-8-9-11(10-13)12(14)15-2/h9,13H,3-8,10H2,1-2H3/b11-9-. The van der Waals surface area contributed by atoms with Crippen molar-refractivity contribution in [3.8, 4) is 0 Å². The van der Waals surface area contributed by atoms with Crippen LogP contribution in [0.25, 0.3) is 0 Å². The van der Waals surface area contributed by atoms with Gasteiger partial charge in [0, 0.05) is 0 Å². The topological polar surface area (TPSA) is 46.5 Å². The Balaban J connectivity index is 3.67. The van der Waals surface area contributed by atoms with Crippen molar-refractivity contribution in [1.29, 1.82) is 0 Å². The van der Waals surface area contributed by atoms with Crippen molar-refractivity contribution in [2.75, 3.05) is 13.7 Å². The number of carbonyl (C=O) groups is 1. The second-order valence-corrected chi connectivity index (χ2v) is 3.58. The molecule has 3 nitrogen and oxygen atoms in total. The summed E-state index contributed by atoms with van der Waals surface area (Å²) < 4.78 is 4.53. The Kier molecular flexibility index (Phi) is 9.18. The summed E-state index contributed by atoms with van der Waals surface area (Å²) in [6.45, 7) is 1.95. The van der Waals surface area contributed by atoms with E-state index in [1.807, 2.05) is 0 Å². The number of aliphatic hydroxyl groups is 1. The summed E-state index contributed by atoms with van der Waals surface area (Å²) in [7, 11) is 1.33. The second kappa shape index (κ2) is 9.71. The average Bonchev–Trinajstić information content (AvgIpc) is 2.27. The molecule has 0 aromatic carbocycles. The first kappa shape index (κ1) is 14.2. The molecule has 0 aromatic heterocycles. The predicted molar refractivity (Wildman–Crippen MR) is 60.6 cm³/mol. The van der Waals surface area contributed by atoms with E-state index in [9.17, 15) is 4.79 Å². The first-order chi connectivity index (χ1) is 7.26. The number of rotatable bonds is 8. The minimum absolute atomic E-state index is 0.234. The Morgan fingerprint density at radius 2 is 1.93 bits per heavy atom. The van der Waals surface area contributed by atoms with Gasteiger partial charge in [-0.15, -0.1) is 0 Å². The van der Waals surface area contributed by atoms with E-state index in [0.29, 0.717) is 5.57 Å². The quantitative estimate of drug-likeness (QED) is 0.383. The molecular formula is C12H22O3.